The van der Waals surface area contributed by atoms with Crippen molar-refractivity contribution in [2.24, 2.45) is 5.73 Å². The summed E-state index contributed by atoms with van der Waals surface area (Å²) in [5.74, 6) is -1.08. The lowest BCUT2D eigenvalue weighted by Gasteiger charge is -2.08. The summed E-state index contributed by atoms with van der Waals surface area (Å²) in [6, 6.07) is 4.17. The fourth-order valence-corrected chi connectivity index (χ4v) is 1.09. The molecule has 0 amide bonds. The zero-order valence-electron chi connectivity index (χ0n) is 7.34. The minimum atomic E-state index is -1.08. The Morgan fingerprint density at radius 1 is 1.79 bits per heavy atom. The van der Waals surface area contributed by atoms with Gasteiger partial charge in [0, 0.05) is 6.20 Å². The molecule has 1 atom stereocenters. The Bertz CT molecular complexity index is 384. The second-order valence-corrected chi connectivity index (χ2v) is 2.71. The molecule has 5 nitrogen and oxygen atoms in total. The van der Waals surface area contributed by atoms with Crippen molar-refractivity contribution in [1.82, 2.24) is 4.98 Å². The monoisotopic (exact) mass is 191 g/mol. The van der Waals surface area contributed by atoms with Crippen LogP contribution < -0.4 is 5.73 Å². The number of carbonyl (C=O) groups is 1. The van der Waals surface area contributed by atoms with E-state index in [0.29, 0.717) is 0 Å². The van der Waals surface area contributed by atoms with E-state index < -0.39 is 12.0 Å². The van der Waals surface area contributed by atoms with Gasteiger partial charge in [-0.15, -0.1) is 0 Å². The number of aromatic nitrogens is 1. The van der Waals surface area contributed by atoms with Gasteiger partial charge < -0.3 is 10.8 Å². The van der Waals surface area contributed by atoms with Gasteiger partial charge in [0.05, 0.1) is 29.8 Å². The molecule has 1 aromatic rings. The molecule has 72 valence electrons. The molecule has 14 heavy (non-hydrogen) atoms. The minimum absolute atomic E-state index is 0.0512. The van der Waals surface area contributed by atoms with Crippen LogP contribution in [-0.2, 0) is 0 Å². The number of nitriles is 1. The van der Waals surface area contributed by atoms with Crippen molar-refractivity contribution in [2.45, 2.75) is 12.5 Å². The molecule has 1 aromatic heterocycles. The standard InChI is InChI=1S/C9H9N3O2/c10-4-3-7(11)8-6(9(13)14)2-1-5-12-8/h1-2,5,7H,3,11H2,(H,13,14). The van der Waals surface area contributed by atoms with E-state index in [1.807, 2.05) is 6.07 Å². The van der Waals surface area contributed by atoms with E-state index in [9.17, 15) is 4.79 Å². The summed E-state index contributed by atoms with van der Waals surface area (Å²) in [6.45, 7) is 0. The lowest BCUT2D eigenvalue weighted by atomic mass is 10.1. The SMILES string of the molecule is N#CCC(N)c1ncccc1C(=O)O. The Morgan fingerprint density at radius 2 is 2.50 bits per heavy atom. The summed E-state index contributed by atoms with van der Waals surface area (Å²) in [4.78, 5) is 14.6. The van der Waals surface area contributed by atoms with Crippen LogP contribution in [0.4, 0.5) is 0 Å². The highest BCUT2D eigenvalue weighted by molar-refractivity contribution is 5.88. The number of nitrogens with two attached hydrogens (primary N) is 1. The number of hydrogen-bond acceptors (Lipinski definition) is 4. The first-order valence-corrected chi connectivity index (χ1v) is 3.97. The van der Waals surface area contributed by atoms with Crippen LogP contribution in [-0.4, -0.2) is 16.1 Å². The Hall–Kier alpha value is -1.93. The summed E-state index contributed by atoms with van der Waals surface area (Å²) in [5, 5.41) is 17.2. The van der Waals surface area contributed by atoms with E-state index in [4.69, 9.17) is 16.1 Å². The van der Waals surface area contributed by atoms with Crippen molar-refractivity contribution >= 4 is 5.97 Å². The topological polar surface area (TPSA) is 100 Å². The summed E-state index contributed by atoms with van der Waals surface area (Å²) >= 11 is 0. The molecule has 0 saturated heterocycles. The first-order valence-electron chi connectivity index (χ1n) is 3.97. The number of rotatable bonds is 3. The van der Waals surface area contributed by atoms with Crippen LogP contribution in [0.5, 0.6) is 0 Å². The third-order valence-corrected chi connectivity index (χ3v) is 1.73. The van der Waals surface area contributed by atoms with E-state index in [1.54, 1.807) is 0 Å². The van der Waals surface area contributed by atoms with Crippen LogP contribution in [0.15, 0.2) is 18.3 Å². The van der Waals surface area contributed by atoms with E-state index in [1.165, 1.54) is 18.3 Å². The molecule has 1 rings (SSSR count). The molecule has 1 heterocycles. The van der Waals surface area contributed by atoms with Crippen molar-refractivity contribution in [3.8, 4) is 6.07 Å². The Kier molecular flexibility index (Phi) is 3.15. The van der Waals surface area contributed by atoms with Gasteiger partial charge >= 0.3 is 5.97 Å². The largest absolute Gasteiger partial charge is 0.478 e. The van der Waals surface area contributed by atoms with Gasteiger partial charge in [0.1, 0.15) is 0 Å². The molecule has 0 aliphatic heterocycles. The normalized spacial score (nSPS) is 11.7. The molecular weight excluding hydrogens is 182 g/mol. The molecule has 0 aliphatic rings. The van der Waals surface area contributed by atoms with Gasteiger partial charge in [-0.1, -0.05) is 0 Å². The molecule has 0 saturated carbocycles. The molecule has 3 N–H and O–H groups in total. The molecule has 1 unspecified atom stereocenters. The first kappa shape index (κ1) is 10.2. The lowest BCUT2D eigenvalue weighted by Crippen LogP contribution is -2.16. The third-order valence-electron chi connectivity index (χ3n) is 1.73. The van der Waals surface area contributed by atoms with Crippen molar-refractivity contribution in [1.29, 1.82) is 5.26 Å². The van der Waals surface area contributed by atoms with Crippen LogP contribution in [0.25, 0.3) is 0 Å². The van der Waals surface area contributed by atoms with Crippen molar-refractivity contribution in [2.75, 3.05) is 0 Å². The predicted molar refractivity (Wildman–Crippen MR) is 48.4 cm³/mol. The average molecular weight is 191 g/mol. The number of nitrogens with zero attached hydrogens (tertiary/aromatic N) is 2. The zero-order chi connectivity index (χ0) is 10.6. The maximum absolute atomic E-state index is 10.8. The second-order valence-electron chi connectivity index (χ2n) is 2.71. The van der Waals surface area contributed by atoms with Crippen molar-refractivity contribution < 1.29 is 9.90 Å². The Balaban J connectivity index is 3.08. The first-order chi connectivity index (χ1) is 6.66. The van der Waals surface area contributed by atoms with Gasteiger partial charge in [-0.05, 0) is 12.1 Å². The fourth-order valence-electron chi connectivity index (χ4n) is 1.09. The molecule has 0 bridgehead atoms. The minimum Gasteiger partial charge on any atom is -0.478 e. The maximum atomic E-state index is 10.8. The summed E-state index contributed by atoms with van der Waals surface area (Å²) < 4.78 is 0. The summed E-state index contributed by atoms with van der Waals surface area (Å²) in [6.07, 6.45) is 1.51. The van der Waals surface area contributed by atoms with Crippen LogP contribution in [0.2, 0.25) is 0 Å². The van der Waals surface area contributed by atoms with Crippen LogP contribution in [0, 0.1) is 11.3 Å². The quantitative estimate of drug-likeness (QED) is 0.732. The number of carboxylic acids is 1. The Labute approximate surface area is 80.8 Å². The van der Waals surface area contributed by atoms with Gasteiger partial charge in [0.2, 0.25) is 0 Å². The molecule has 5 heteroatoms. The molecule has 0 radical (unpaired) electrons. The lowest BCUT2D eigenvalue weighted by molar-refractivity contribution is 0.0694. The van der Waals surface area contributed by atoms with E-state index >= 15 is 0 Å². The molecule has 0 aliphatic carbocycles. The highest BCUT2D eigenvalue weighted by atomic mass is 16.4. The number of hydrogen-bond donors (Lipinski definition) is 2. The molecule has 0 spiro atoms. The average Bonchev–Trinajstić information content (AvgIpc) is 2.18. The second kappa shape index (κ2) is 4.35. The van der Waals surface area contributed by atoms with Crippen LogP contribution in [0.3, 0.4) is 0 Å². The van der Waals surface area contributed by atoms with Gasteiger partial charge in [-0.2, -0.15) is 5.26 Å². The number of pyridine rings is 1. The van der Waals surface area contributed by atoms with Crippen molar-refractivity contribution in [3.63, 3.8) is 0 Å². The van der Waals surface area contributed by atoms with Gasteiger partial charge in [0.25, 0.3) is 0 Å². The highest BCUT2D eigenvalue weighted by Gasteiger charge is 2.16. The number of aromatic carboxylic acids is 1. The van der Waals surface area contributed by atoms with Gasteiger partial charge in [-0.25, -0.2) is 4.79 Å². The maximum Gasteiger partial charge on any atom is 0.337 e. The van der Waals surface area contributed by atoms with Crippen LogP contribution >= 0.6 is 0 Å². The van der Waals surface area contributed by atoms with E-state index in [2.05, 4.69) is 4.98 Å². The fraction of sp³-hybridized carbons (Fsp3) is 0.222. The smallest absolute Gasteiger partial charge is 0.337 e. The predicted octanol–water partition coefficient (Wildman–Crippen LogP) is 0.693. The Morgan fingerprint density at radius 3 is 3.07 bits per heavy atom. The van der Waals surface area contributed by atoms with Crippen LogP contribution in [0.1, 0.15) is 28.5 Å². The van der Waals surface area contributed by atoms with Crippen molar-refractivity contribution in [3.05, 3.63) is 29.6 Å². The summed E-state index contributed by atoms with van der Waals surface area (Å²) in [7, 11) is 0. The third kappa shape index (κ3) is 2.06. The number of carboxylic acid groups (broad SMARTS) is 1. The summed E-state index contributed by atoms with van der Waals surface area (Å²) in [5.41, 5.74) is 5.90. The van der Waals surface area contributed by atoms with E-state index in [0.717, 1.165) is 0 Å². The van der Waals surface area contributed by atoms with E-state index in [-0.39, 0.29) is 17.7 Å². The highest BCUT2D eigenvalue weighted by Crippen LogP contribution is 2.15. The van der Waals surface area contributed by atoms with Gasteiger partial charge in [-0.3, -0.25) is 4.98 Å². The molecule has 0 fully saturated rings. The molecular formula is C9H9N3O2. The molecule has 0 aromatic carbocycles. The van der Waals surface area contributed by atoms with Gasteiger partial charge in [0.15, 0.2) is 0 Å². The zero-order valence-corrected chi connectivity index (χ0v) is 7.34.